The van der Waals surface area contributed by atoms with Gasteiger partial charge in [-0.15, -0.1) is 0 Å². The molecule has 3 nitrogen and oxygen atoms in total. The first kappa shape index (κ1) is 7.68. The van der Waals surface area contributed by atoms with Crippen molar-refractivity contribution in [3.63, 3.8) is 0 Å². The van der Waals surface area contributed by atoms with Gasteiger partial charge in [-0.25, -0.2) is 9.97 Å². The molecule has 2 N–H and O–H groups in total. The molecule has 0 radical (unpaired) electrons. The first-order chi connectivity index (χ1) is 5.77. The van der Waals surface area contributed by atoms with Crippen LogP contribution < -0.4 is 5.73 Å². The van der Waals surface area contributed by atoms with E-state index in [1.54, 1.807) is 0 Å². The van der Waals surface area contributed by atoms with Gasteiger partial charge < -0.3 is 5.73 Å². The third-order valence-corrected chi connectivity index (χ3v) is 2.35. The van der Waals surface area contributed by atoms with Gasteiger partial charge in [-0.05, 0) is 26.2 Å². The van der Waals surface area contributed by atoms with E-state index in [4.69, 9.17) is 5.73 Å². The van der Waals surface area contributed by atoms with E-state index >= 15 is 0 Å². The average molecular weight is 163 g/mol. The summed E-state index contributed by atoms with van der Waals surface area (Å²) in [5.74, 6) is 0.850. The molecule has 3 heteroatoms. The van der Waals surface area contributed by atoms with Crippen LogP contribution in [0.4, 0.5) is 0 Å². The van der Waals surface area contributed by atoms with Crippen LogP contribution in [0.1, 0.15) is 36.0 Å². The van der Waals surface area contributed by atoms with Crippen LogP contribution in [0.15, 0.2) is 6.20 Å². The van der Waals surface area contributed by atoms with Crippen molar-refractivity contribution in [2.24, 2.45) is 5.73 Å². The Morgan fingerprint density at radius 2 is 2.42 bits per heavy atom. The maximum Gasteiger partial charge on any atom is 0.125 e. The lowest BCUT2D eigenvalue weighted by molar-refractivity contribution is 0.554. The maximum atomic E-state index is 5.92. The molecule has 12 heavy (non-hydrogen) atoms. The van der Waals surface area contributed by atoms with Crippen LogP contribution in [0.25, 0.3) is 0 Å². The molecule has 1 atom stereocenters. The van der Waals surface area contributed by atoms with Gasteiger partial charge in [0.1, 0.15) is 5.82 Å². The second kappa shape index (κ2) is 2.83. The first-order valence-corrected chi connectivity index (χ1v) is 4.35. The fourth-order valence-corrected chi connectivity index (χ4v) is 1.68. The van der Waals surface area contributed by atoms with E-state index in [2.05, 4.69) is 9.97 Å². The molecule has 0 spiro atoms. The molecule has 1 aliphatic carbocycles. The molecule has 64 valence electrons. The third-order valence-electron chi connectivity index (χ3n) is 2.35. The van der Waals surface area contributed by atoms with Crippen LogP contribution >= 0.6 is 0 Å². The summed E-state index contributed by atoms with van der Waals surface area (Å²) in [7, 11) is 0. The summed E-state index contributed by atoms with van der Waals surface area (Å²) >= 11 is 0. The van der Waals surface area contributed by atoms with Crippen molar-refractivity contribution in [1.29, 1.82) is 0 Å². The zero-order valence-corrected chi connectivity index (χ0v) is 7.25. The minimum atomic E-state index is 0.161. The fraction of sp³-hybridized carbons (Fsp3) is 0.556. The summed E-state index contributed by atoms with van der Waals surface area (Å²) in [6.45, 7) is 1.92. The molecule has 2 rings (SSSR count). The van der Waals surface area contributed by atoms with Gasteiger partial charge in [0.25, 0.3) is 0 Å². The van der Waals surface area contributed by atoms with E-state index in [1.165, 1.54) is 0 Å². The number of hydrogen-bond donors (Lipinski definition) is 1. The summed E-state index contributed by atoms with van der Waals surface area (Å²) in [5.41, 5.74) is 8.22. The number of aromatic nitrogens is 2. The zero-order chi connectivity index (χ0) is 8.55. The molecule has 0 aromatic carbocycles. The van der Waals surface area contributed by atoms with Crippen molar-refractivity contribution in [2.75, 3.05) is 0 Å². The summed E-state index contributed by atoms with van der Waals surface area (Å²) < 4.78 is 0. The summed E-state index contributed by atoms with van der Waals surface area (Å²) in [4.78, 5) is 8.52. The standard InChI is InChI=1S/C9H13N3/c1-6-11-5-7-8(10)3-2-4-9(7)12-6/h5,8H,2-4,10H2,1H3/t8-/m0/s1. The molecule has 0 fully saturated rings. The summed E-state index contributed by atoms with van der Waals surface area (Å²) in [6, 6.07) is 0.161. The summed E-state index contributed by atoms with van der Waals surface area (Å²) in [5, 5.41) is 0. The Morgan fingerprint density at radius 3 is 3.25 bits per heavy atom. The van der Waals surface area contributed by atoms with Crippen molar-refractivity contribution in [3.05, 3.63) is 23.3 Å². The van der Waals surface area contributed by atoms with Gasteiger partial charge in [-0.1, -0.05) is 0 Å². The topological polar surface area (TPSA) is 51.8 Å². The lowest BCUT2D eigenvalue weighted by Gasteiger charge is -2.20. The van der Waals surface area contributed by atoms with Gasteiger partial charge in [0.2, 0.25) is 0 Å². The highest BCUT2D eigenvalue weighted by Crippen LogP contribution is 2.25. The SMILES string of the molecule is Cc1ncc2c(n1)CCC[C@@H]2N. The number of rotatable bonds is 0. The smallest absolute Gasteiger partial charge is 0.125 e. The fourth-order valence-electron chi connectivity index (χ4n) is 1.68. The van der Waals surface area contributed by atoms with Gasteiger partial charge in [-0.3, -0.25) is 0 Å². The first-order valence-electron chi connectivity index (χ1n) is 4.35. The van der Waals surface area contributed by atoms with Crippen molar-refractivity contribution in [2.45, 2.75) is 32.2 Å². The highest BCUT2D eigenvalue weighted by Gasteiger charge is 2.17. The van der Waals surface area contributed by atoms with Gasteiger partial charge in [0.15, 0.2) is 0 Å². The molecular weight excluding hydrogens is 150 g/mol. The Balaban J connectivity index is 2.46. The molecule has 0 amide bonds. The largest absolute Gasteiger partial charge is 0.324 e. The molecule has 0 bridgehead atoms. The Hall–Kier alpha value is -0.960. The summed E-state index contributed by atoms with van der Waals surface area (Å²) in [6.07, 6.45) is 5.16. The van der Waals surface area contributed by atoms with Crippen molar-refractivity contribution < 1.29 is 0 Å². The Labute approximate surface area is 72.0 Å². The van der Waals surface area contributed by atoms with E-state index in [9.17, 15) is 0 Å². The molecule has 1 heterocycles. The normalized spacial score (nSPS) is 22.0. The van der Waals surface area contributed by atoms with Crippen LogP contribution in [0.3, 0.4) is 0 Å². The minimum absolute atomic E-state index is 0.161. The van der Waals surface area contributed by atoms with Gasteiger partial charge in [-0.2, -0.15) is 0 Å². The second-order valence-corrected chi connectivity index (χ2v) is 3.32. The molecular formula is C9H13N3. The van der Waals surface area contributed by atoms with Crippen molar-refractivity contribution in [3.8, 4) is 0 Å². The van der Waals surface area contributed by atoms with Crippen LogP contribution in [-0.2, 0) is 6.42 Å². The minimum Gasteiger partial charge on any atom is -0.324 e. The van der Waals surface area contributed by atoms with E-state index < -0.39 is 0 Å². The Bertz CT molecular complexity index is 296. The number of nitrogens with zero attached hydrogens (tertiary/aromatic N) is 2. The molecule has 1 aliphatic rings. The van der Waals surface area contributed by atoms with Gasteiger partial charge in [0, 0.05) is 23.5 Å². The number of hydrogen-bond acceptors (Lipinski definition) is 3. The number of aryl methyl sites for hydroxylation is 2. The van der Waals surface area contributed by atoms with E-state index in [0.29, 0.717) is 0 Å². The number of fused-ring (bicyclic) bond motifs is 1. The molecule has 1 aromatic heterocycles. The highest BCUT2D eigenvalue weighted by atomic mass is 14.9. The Morgan fingerprint density at radius 1 is 1.58 bits per heavy atom. The van der Waals surface area contributed by atoms with E-state index in [-0.39, 0.29) is 6.04 Å². The monoisotopic (exact) mass is 163 g/mol. The van der Waals surface area contributed by atoms with Gasteiger partial charge in [0.05, 0.1) is 0 Å². The third kappa shape index (κ3) is 1.20. The molecule has 0 saturated heterocycles. The highest BCUT2D eigenvalue weighted by molar-refractivity contribution is 5.23. The van der Waals surface area contributed by atoms with Crippen molar-refractivity contribution >= 4 is 0 Å². The number of nitrogens with two attached hydrogens (primary N) is 1. The maximum absolute atomic E-state index is 5.92. The van der Waals surface area contributed by atoms with Crippen LogP contribution in [0.2, 0.25) is 0 Å². The van der Waals surface area contributed by atoms with Crippen LogP contribution in [0.5, 0.6) is 0 Å². The average Bonchev–Trinajstić information content (AvgIpc) is 2.04. The Kier molecular flexibility index (Phi) is 1.81. The molecule has 0 saturated carbocycles. The van der Waals surface area contributed by atoms with Gasteiger partial charge >= 0.3 is 0 Å². The van der Waals surface area contributed by atoms with E-state index in [1.807, 2.05) is 13.1 Å². The second-order valence-electron chi connectivity index (χ2n) is 3.32. The quantitative estimate of drug-likeness (QED) is 0.623. The van der Waals surface area contributed by atoms with Crippen LogP contribution in [0, 0.1) is 6.92 Å². The lowest BCUT2D eigenvalue weighted by atomic mass is 9.93. The lowest BCUT2D eigenvalue weighted by Crippen LogP contribution is -2.19. The molecule has 1 aromatic rings. The molecule has 0 aliphatic heterocycles. The zero-order valence-electron chi connectivity index (χ0n) is 7.25. The molecule has 0 unspecified atom stereocenters. The van der Waals surface area contributed by atoms with E-state index in [0.717, 1.165) is 36.3 Å². The van der Waals surface area contributed by atoms with Crippen molar-refractivity contribution in [1.82, 2.24) is 9.97 Å². The van der Waals surface area contributed by atoms with Crippen LogP contribution in [-0.4, -0.2) is 9.97 Å². The predicted molar refractivity (Wildman–Crippen MR) is 46.6 cm³/mol. The predicted octanol–water partition coefficient (Wildman–Crippen LogP) is 1.12.